The van der Waals surface area contributed by atoms with Crippen LogP contribution in [-0.2, 0) is 0 Å². The summed E-state index contributed by atoms with van der Waals surface area (Å²) in [5.74, 6) is 3.87. The normalized spacial score (nSPS) is 11.5. The third kappa shape index (κ3) is 12.5. The van der Waals surface area contributed by atoms with E-state index in [1.54, 1.807) is 22.7 Å². The number of rotatable bonds is 15. The lowest BCUT2D eigenvalue weighted by molar-refractivity contribution is 1.08. The van der Waals surface area contributed by atoms with Gasteiger partial charge in [-0.2, -0.15) is 0 Å². The molecule has 6 nitrogen and oxygen atoms in total. The van der Waals surface area contributed by atoms with Gasteiger partial charge in [-0.25, -0.2) is 29.9 Å². The summed E-state index contributed by atoms with van der Waals surface area (Å²) in [4.78, 5) is 30.7. The van der Waals surface area contributed by atoms with Crippen molar-refractivity contribution in [2.45, 2.75) is 0 Å². The van der Waals surface area contributed by atoms with E-state index in [0.29, 0.717) is 34.9 Å². The van der Waals surface area contributed by atoms with Gasteiger partial charge in [0.25, 0.3) is 0 Å². The van der Waals surface area contributed by atoms with Crippen LogP contribution in [-0.4, -0.2) is 29.9 Å². The van der Waals surface area contributed by atoms with Gasteiger partial charge in [0.2, 0.25) is 0 Å². The molecule has 0 unspecified atom stereocenters. The summed E-state index contributed by atoms with van der Waals surface area (Å²) in [5, 5.41) is 4.63. The van der Waals surface area contributed by atoms with Crippen LogP contribution in [0.5, 0.6) is 0 Å². The number of aromatic nitrogens is 6. The second-order valence-corrected chi connectivity index (χ2v) is 29.8. The molecule has 0 N–H and O–H groups in total. The maximum Gasteiger partial charge on any atom is 0.164 e. The Kier molecular flexibility index (Phi) is 16.9. The van der Waals surface area contributed by atoms with Crippen LogP contribution in [0.25, 0.3) is 209 Å². The van der Waals surface area contributed by atoms with E-state index in [4.69, 9.17) is 29.9 Å². The standard InChI is InChI=1S/C102H64N6S2/c1-6-25-67(26-7-1)94-84(66-53-51-65(52-54-66)77-55-57-90-88(63-77)95-86(47-23-49-92(95)109-90)101-105-97(68-27-8-2-9-28-68)103-98(106-101)69-29-10-3-11-30-69)45-22-46-85(94)81-42-21-41-80(62-81)83-44-17-16-43-82(83)79-40-20-39-76(61-79)74-37-18-35-72(59-74)73-36-19-38-75(60-73)78-56-58-91-89(64-78)96-87(48-24-50-93(96)110-91)102-107-99(70-31-12-4-13-32-70)104-100(108-102)71-33-14-5-15-34-71/h1-64H. The maximum absolute atomic E-state index is 5.17. The van der Waals surface area contributed by atoms with Gasteiger partial charge in [0, 0.05) is 73.7 Å². The van der Waals surface area contributed by atoms with Crippen LogP contribution >= 0.6 is 22.7 Å². The van der Waals surface area contributed by atoms with E-state index >= 15 is 0 Å². The highest BCUT2D eigenvalue weighted by Crippen LogP contribution is 2.47. The lowest BCUT2D eigenvalue weighted by Crippen LogP contribution is -2.00. The number of hydrogen-bond donors (Lipinski definition) is 0. The van der Waals surface area contributed by atoms with Crippen molar-refractivity contribution >= 4 is 63.0 Å². The van der Waals surface area contributed by atoms with Crippen LogP contribution in [0.15, 0.2) is 388 Å². The molecule has 8 heteroatoms. The Morgan fingerprint density at radius 2 is 0.400 bits per heavy atom. The molecule has 20 rings (SSSR count). The first-order valence-corrected chi connectivity index (χ1v) is 38.6. The molecule has 20 aromatic rings. The fourth-order valence-electron chi connectivity index (χ4n) is 15.5. The summed E-state index contributed by atoms with van der Waals surface area (Å²) in [6, 6.07) is 139. The Labute approximate surface area is 645 Å². The molecule has 110 heavy (non-hydrogen) atoms. The van der Waals surface area contributed by atoms with Gasteiger partial charge >= 0.3 is 0 Å². The molecule has 0 fully saturated rings. The number of benzene rings is 16. The molecule has 0 radical (unpaired) electrons. The Balaban J connectivity index is 0.594. The van der Waals surface area contributed by atoms with Crippen molar-refractivity contribution in [1.82, 2.24) is 29.9 Å². The highest BCUT2D eigenvalue weighted by Gasteiger charge is 2.23. The van der Waals surface area contributed by atoms with Gasteiger partial charge in [0.15, 0.2) is 34.9 Å². The van der Waals surface area contributed by atoms with E-state index in [2.05, 4.69) is 315 Å². The average molecular weight is 1440 g/mol. The maximum atomic E-state index is 5.17. The second-order valence-electron chi connectivity index (χ2n) is 27.6. The van der Waals surface area contributed by atoms with E-state index < -0.39 is 0 Å². The van der Waals surface area contributed by atoms with Crippen molar-refractivity contribution in [3.05, 3.63) is 388 Å². The van der Waals surface area contributed by atoms with Crippen LogP contribution in [0.3, 0.4) is 0 Å². The van der Waals surface area contributed by atoms with Gasteiger partial charge in [-0.15, -0.1) is 22.7 Å². The van der Waals surface area contributed by atoms with Crippen molar-refractivity contribution < 1.29 is 0 Å². The van der Waals surface area contributed by atoms with Crippen LogP contribution in [0.1, 0.15) is 0 Å². The number of hydrogen-bond acceptors (Lipinski definition) is 8. The first-order valence-electron chi connectivity index (χ1n) is 36.9. The largest absolute Gasteiger partial charge is 0.208 e. The molecule has 514 valence electrons. The van der Waals surface area contributed by atoms with Crippen molar-refractivity contribution in [3.8, 4) is 168 Å². The molecule has 0 saturated carbocycles. The lowest BCUT2D eigenvalue weighted by atomic mass is 9.86. The molecule has 0 amide bonds. The Morgan fingerprint density at radius 1 is 0.145 bits per heavy atom. The lowest BCUT2D eigenvalue weighted by Gasteiger charge is -2.18. The fourth-order valence-corrected chi connectivity index (χ4v) is 17.7. The van der Waals surface area contributed by atoms with Crippen LogP contribution in [0.2, 0.25) is 0 Å². The quantitative estimate of drug-likeness (QED) is 0.102. The second kappa shape index (κ2) is 28.4. The fraction of sp³-hybridized carbons (Fsp3) is 0. The molecule has 4 aromatic heterocycles. The number of fused-ring (bicyclic) bond motifs is 6. The molecule has 0 spiro atoms. The topological polar surface area (TPSA) is 77.3 Å². The van der Waals surface area contributed by atoms with Crippen LogP contribution in [0.4, 0.5) is 0 Å². The molecule has 0 bridgehead atoms. The summed E-state index contributed by atoms with van der Waals surface area (Å²) in [7, 11) is 0. The molecule has 0 aliphatic heterocycles. The van der Waals surface area contributed by atoms with E-state index in [1.165, 1.54) is 57.4 Å². The zero-order chi connectivity index (χ0) is 72.9. The van der Waals surface area contributed by atoms with Gasteiger partial charge < -0.3 is 0 Å². The van der Waals surface area contributed by atoms with Gasteiger partial charge in [-0.05, 0) is 161 Å². The molecular formula is C102H64N6S2. The minimum atomic E-state index is 0.644. The molecule has 4 heterocycles. The van der Waals surface area contributed by atoms with E-state index in [-0.39, 0.29) is 0 Å². The SMILES string of the molecule is c1ccc(-c2nc(-c3ccccc3)nc(-c3cccc4sc5ccc(-c6ccc(-c7cccc(-c8cccc(-c9ccccc9-c9cccc(-c%10cccc(-c%11cccc(-c%12ccc%13sc%14cccc(-c%15nc(-c%16ccccc%16)nc(-c%16ccccc%16)n%15)c%14c%13c%12)c%11)c%10)c9)c8)c7-c7ccccc7)cc6)cc5c34)n2)cc1. The van der Waals surface area contributed by atoms with Gasteiger partial charge in [-0.1, -0.05) is 328 Å². The summed E-state index contributed by atoms with van der Waals surface area (Å²) < 4.78 is 4.79. The van der Waals surface area contributed by atoms with Crippen molar-refractivity contribution in [1.29, 1.82) is 0 Å². The predicted molar refractivity (Wildman–Crippen MR) is 461 cm³/mol. The van der Waals surface area contributed by atoms with Crippen LogP contribution < -0.4 is 0 Å². The number of nitrogens with zero attached hydrogens (tertiary/aromatic N) is 6. The molecule has 0 aliphatic carbocycles. The summed E-state index contributed by atoms with van der Waals surface area (Å²) in [5.41, 5.74) is 26.5. The Bertz CT molecular complexity index is 6760. The Morgan fingerprint density at radius 3 is 0.809 bits per heavy atom. The van der Waals surface area contributed by atoms with Gasteiger partial charge in [0.1, 0.15) is 0 Å². The smallest absolute Gasteiger partial charge is 0.164 e. The Hall–Kier alpha value is -14.0. The zero-order valence-corrected chi connectivity index (χ0v) is 61.1. The highest BCUT2D eigenvalue weighted by atomic mass is 32.1. The highest BCUT2D eigenvalue weighted by molar-refractivity contribution is 7.26. The van der Waals surface area contributed by atoms with Crippen molar-refractivity contribution in [2.75, 3.05) is 0 Å². The van der Waals surface area contributed by atoms with E-state index in [9.17, 15) is 0 Å². The molecule has 0 saturated heterocycles. The average Bonchev–Trinajstić information content (AvgIpc) is 1.56. The van der Waals surface area contributed by atoms with Crippen molar-refractivity contribution in [3.63, 3.8) is 0 Å². The minimum absolute atomic E-state index is 0.644. The third-order valence-corrected chi connectivity index (χ3v) is 23.1. The van der Waals surface area contributed by atoms with Crippen molar-refractivity contribution in [2.24, 2.45) is 0 Å². The first kappa shape index (κ1) is 65.5. The van der Waals surface area contributed by atoms with Crippen LogP contribution in [0, 0.1) is 0 Å². The zero-order valence-electron chi connectivity index (χ0n) is 59.5. The molecule has 16 aromatic carbocycles. The summed E-state index contributed by atoms with van der Waals surface area (Å²) in [6.45, 7) is 0. The minimum Gasteiger partial charge on any atom is -0.208 e. The monoisotopic (exact) mass is 1440 g/mol. The van der Waals surface area contributed by atoms with Gasteiger partial charge in [-0.3, -0.25) is 0 Å². The molecule has 0 atom stereocenters. The van der Waals surface area contributed by atoms with Gasteiger partial charge in [0.05, 0.1) is 0 Å². The molecular weight excluding hydrogens is 1370 g/mol. The first-order chi connectivity index (χ1) is 54.5. The van der Waals surface area contributed by atoms with E-state index in [1.807, 2.05) is 72.8 Å². The third-order valence-electron chi connectivity index (χ3n) is 20.8. The summed E-state index contributed by atoms with van der Waals surface area (Å²) >= 11 is 3.60. The summed E-state index contributed by atoms with van der Waals surface area (Å²) in [6.07, 6.45) is 0. The number of thiophene rings is 2. The molecule has 0 aliphatic rings. The predicted octanol–water partition coefficient (Wildman–Crippen LogP) is 27.8. The van der Waals surface area contributed by atoms with E-state index in [0.717, 1.165) is 116 Å².